The van der Waals surface area contributed by atoms with Crippen molar-refractivity contribution in [3.05, 3.63) is 35.9 Å². The maximum absolute atomic E-state index is 10.2. The van der Waals surface area contributed by atoms with E-state index in [0.717, 1.165) is 0 Å². The number of carboxylic acids is 1. The molecule has 0 radical (unpaired) electrons. The SMILES string of the molecule is O=C(O)c1ccccc1.[H+].[KH]. The van der Waals surface area contributed by atoms with E-state index in [2.05, 4.69) is 0 Å². The van der Waals surface area contributed by atoms with E-state index < -0.39 is 5.97 Å². The third-order valence-electron chi connectivity index (χ3n) is 1.02. The molecule has 0 fully saturated rings. The molecule has 0 unspecified atom stereocenters. The zero-order valence-electron chi connectivity index (χ0n) is 5.74. The molecule has 0 amide bonds. The van der Waals surface area contributed by atoms with E-state index in [0.29, 0.717) is 5.56 Å². The summed E-state index contributed by atoms with van der Waals surface area (Å²) in [7, 11) is 0. The van der Waals surface area contributed by atoms with Gasteiger partial charge in [-0.05, 0) is 12.1 Å². The molecule has 1 N–H and O–H groups in total. The zero-order chi connectivity index (χ0) is 6.69. The van der Waals surface area contributed by atoms with E-state index in [1.807, 2.05) is 0 Å². The van der Waals surface area contributed by atoms with Crippen molar-refractivity contribution >= 4 is 57.4 Å². The Morgan fingerprint density at radius 1 is 1.30 bits per heavy atom. The van der Waals surface area contributed by atoms with Crippen LogP contribution in [0.15, 0.2) is 30.3 Å². The Balaban J connectivity index is 0. The minimum atomic E-state index is -0.879. The summed E-state index contributed by atoms with van der Waals surface area (Å²) < 4.78 is 0. The number of rotatable bonds is 1. The number of carboxylic acid groups (broad SMARTS) is 1. The van der Waals surface area contributed by atoms with Gasteiger partial charge in [-0.15, -0.1) is 0 Å². The molecule has 0 bridgehead atoms. The van der Waals surface area contributed by atoms with Gasteiger partial charge in [0, 0.05) is 0 Å². The maximum atomic E-state index is 10.2. The van der Waals surface area contributed by atoms with Crippen molar-refractivity contribution in [2.75, 3.05) is 0 Å². The zero-order valence-corrected chi connectivity index (χ0v) is 4.74. The molecule has 0 aliphatic heterocycles. The van der Waals surface area contributed by atoms with Gasteiger partial charge in [0.1, 0.15) is 0 Å². The average Bonchev–Trinajstić information content (AvgIpc) is 1.90. The van der Waals surface area contributed by atoms with Crippen LogP contribution in [0.2, 0.25) is 0 Å². The fraction of sp³-hybridized carbons (Fsp3) is 0. The standard InChI is InChI=1S/C7H6O2.K.H/c8-7(9)6-4-2-1-3-5-6;;/h1-5H,(H,8,9);;/p+1. The summed E-state index contributed by atoms with van der Waals surface area (Å²) in [5, 5.41) is 8.38. The molecule has 0 atom stereocenters. The molecule has 1 rings (SSSR count). The number of aromatic carboxylic acids is 1. The van der Waals surface area contributed by atoms with Crippen LogP contribution in [-0.4, -0.2) is 62.5 Å². The van der Waals surface area contributed by atoms with E-state index in [1.165, 1.54) is 0 Å². The van der Waals surface area contributed by atoms with Gasteiger partial charge in [-0.3, -0.25) is 0 Å². The van der Waals surface area contributed by atoms with Crippen molar-refractivity contribution in [2.45, 2.75) is 0 Å². The second-order valence-corrected chi connectivity index (χ2v) is 1.67. The molecular formula is C7H8KO2+. The van der Waals surface area contributed by atoms with Crippen LogP contribution >= 0.6 is 0 Å². The van der Waals surface area contributed by atoms with Gasteiger partial charge in [-0.25, -0.2) is 4.79 Å². The van der Waals surface area contributed by atoms with Crippen molar-refractivity contribution in [1.82, 2.24) is 0 Å². The molecule has 2 nitrogen and oxygen atoms in total. The predicted octanol–water partition coefficient (Wildman–Crippen LogP) is 0.849. The third-order valence-corrected chi connectivity index (χ3v) is 1.02. The number of carbonyl (C=O) groups is 1. The summed E-state index contributed by atoms with van der Waals surface area (Å²) >= 11 is 0. The Morgan fingerprint density at radius 2 is 1.80 bits per heavy atom. The van der Waals surface area contributed by atoms with Crippen LogP contribution < -0.4 is 0 Å². The fourth-order valence-electron chi connectivity index (χ4n) is 0.581. The van der Waals surface area contributed by atoms with Crippen molar-refractivity contribution in [3.8, 4) is 0 Å². The molecule has 0 saturated carbocycles. The normalized spacial score (nSPS) is 8.00. The fourth-order valence-corrected chi connectivity index (χ4v) is 0.581. The number of hydrogen-bond acceptors (Lipinski definition) is 1. The monoisotopic (exact) mass is 163 g/mol. The molecule has 48 valence electrons. The topological polar surface area (TPSA) is 37.3 Å². The molecule has 0 aliphatic carbocycles. The van der Waals surface area contributed by atoms with E-state index in [9.17, 15) is 4.79 Å². The molecule has 1 aromatic rings. The second kappa shape index (κ2) is 5.04. The molecule has 1 aromatic carbocycles. The van der Waals surface area contributed by atoms with Crippen molar-refractivity contribution in [1.29, 1.82) is 0 Å². The van der Waals surface area contributed by atoms with Gasteiger partial charge < -0.3 is 5.11 Å². The van der Waals surface area contributed by atoms with E-state index in [-0.39, 0.29) is 52.8 Å². The second-order valence-electron chi connectivity index (χ2n) is 1.67. The molecule has 10 heavy (non-hydrogen) atoms. The predicted molar refractivity (Wildman–Crippen MR) is 41.7 cm³/mol. The quantitative estimate of drug-likeness (QED) is 0.623. The van der Waals surface area contributed by atoms with Gasteiger partial charge in [0.2, 0.25) is 0 Å². The van der Waals surface area contributed by atoms with Crippen LogP contribution in [0.1, 0.15) is 11.8 Å². The molecule has 3 heteroatoms. The third kappa shape index (κ3) is 2.94. The summed E-state index contributed by atoms with van der Waals surface area (Å²) in [6, 6.07) is 8.30. The first-order chi connectivity index (χ1) is 4.30. The first-order valence-electron chi connectivity index (χ1n) is 2.59. The van der Waals surface area contributed by atoms with E-state index >= 15 is 0 Å². The summed E-state index contributed by atoms with van der Waals surface area (Å²) in [5.41, 5.74) is 0.331. The van der Waals surface area contributed by atoms with Crippen LogP contribution in [0.4, 0.5) is 0 Å². The number of hydrogen-bond donors (Lipinski definition) is 1. The van der Waals surface area contributed by atoms with Crippen LogP contribution in [0.3, 0.4) is 0 Å². The van der Waals surface area contributed by atoms with Crippen molar-refractivity contribution in [2.24, 2.45) is 0 Å². The molecule has 0 heterocycles. The molecule has 0 saturated heterocycles. The van der Waals surface area contributed by atoms with Gasteiger partial charge in [0.25, 0.3) is 0 Å². The summed E-state index contributed by atoms with van der Waals surface area (Å²) in [4.78, 5) is 10.2. The molecule has 0 aliphatic rings. The first kappa shape index (κ1) is 10.3. The van der Waals surface area contributed by atoms with Crippen LogP contribution in [-0.2, 0) is 0 Å². The summed E-state index contributed by atoms with van der Waals surface area (Å²) in [6.07, 6.45) is 0. The first-order valence-corrected chi connectivity index (χ1v) is 2.59. The van der Waals surface area contributed by atoms with Crippen molar-refractivity contribution in [3.63, 3.8) is 0 Å². The van der Waals surface area contributed by atoms with Gasteiger partial charge >= 0.3 is 58.8 Å². The average molecular weight is 163 g/mol. The van der Waals surface area contributed by atoms with Crippen molar-refractivity contribution < 1.29 is 11.3 Å². The van der Waals surface area contributed by atoms with Gasteiger partial charge in [0.05, 0.1) is 5.56 Å². The summed E-state index contributed by atoms with van der Waals surface area (Å²) in [6.45, 7) is 0. The van der Waals surface area contributed by atoms with E-state index in [1.54, 1.807) is 30.3 Å². The minimum absolute atomic E-state index is 0. The Kier molecular flexibility index (Phi) is 5.20. The Labute approximate surface area is 103 Å². The summed E-state index contributed by atoms with van der Waals surface area (Å²) in [5.74, 6) is -0.879. The van der Waals surface area contributed by atoms with Gasteiger partial charge in [-0.1, -0.05) is 18.2 Å². The Hall–Kier alpha value is 0.326. The Morgan fingerprint density at radius 3 is 2.10 bits per heavy atom. The molecule has 0 spiro atoms. The van der Waals surface area contributed by atoms with Crippen LogP contribution in [0, 0.1) is 0 Å². The number of benzene rings is 1. The van der Waals surface area contributed by atoms with Crippen LogP contribution in [0.5, 0.6) is 0 Å². The Bertz CT molecular complexity index is 213. The van der Waals surface area contributed by atoms with Gasteiger partial charge in [-0.2, -0.15) is 0 Å². The molecule has 0 aromatic heterocycles. The molecular weight excluding hydrogens is 155 g/mol. The van der Waals surface area contributed by atoms with Gasteiger partial charge in [0.15, 0.2) is 0 Å². The van der Waals surface area contributed by atoms with Crippen LogP contribution in [0.25, 0.3) is 0 Å². The van der Waals surface area contributed by atoms with E-state index in [4.69, 9.17) is 5.11 Å².